The molecule has 0 amide bonds. The highest BCUT2D eigenvalue weighted by Gasteiger charge is 2.42. The maximum absolute atomic E-state index is 5.34. The Kier molecular flexibility index (Phi) is 7.75. The van der Waals surface area contributed by atoms with Crippen LogP contribution in [0.25, 0.3) is 38.9 Å². The molecule has 1 aliphatic rings. The van der Waals surface area contributed by atoms with E-state index in [1.165, 1.54) is 52.4 Å². The average molecular weight is 728 g/mol. The smallest absolute Gasteiger partial charge is 0.179 e. The number of para-hydroxylation sites is 1. The highest BCUT2D eigenvalue weighted by molar-refractivity contribution is 7.99. The van der Waals surface area contributed by atoms with Gasteiger partial charge in [-0.3, -0.25) is 9.55 Å². The average Bonchev–Trinajstić information content (AvgIpc) is 3.58. The summed E-state index contributed by atoms with van der Waals surface area (Å²) in [5.74, 6) is 0. The van der Waals surface area contributed by atoms with Crippen LogP contribution in [0.2, 0.25) is 0 Å². The van der Waals surface area contributed by atoms with Crippen LogP contribution < -0.4 is 20.7 Å². The largest absolute Gasteiger partial charge is 0.294 e. The van der Waals surface area contributed by atoms with Crippen LogP contribution in [-0.4, -0.2) is 22.6 Å². The topological polar surface area (TPSA) is 30.7 Å². The van der Waals surface area contributed by atoms with Crippen molar-refractivity contribution in [2.24, 2.45) is 0 Å². The van der Waals surface area contributed by atoms with Crippen molar-refractivity contribution in [1.82, 2.24) is 14.5 Å². The predicted molar refractivity (Wildman–Crippen MR) is 228 cm³/mol. The first-order valence-electron chi connectivity index (χ1n) is 18.5. The summed E-state index contributed by atoms with van der Waals surface area (Å²) in [5.41, 5.74) is 7.81. The summed E-state index contributed by atoms with van der Waals surface area (Å²) in [7, 11) is -2.89. The molecule has 1 aliphatic heterocycles. The molecule has 0 N–H and O–H groups in total. The number of pyridine rings is 2. The molecule has 3 aromatic heterocycles. The van der Waals surface area contributed by atoms with Gasteiger partial charge in [-0.05, 0) is 68.3 Å². The molecule has 0 radical (unpaired) electrons. The molecule has 0 atom stereocenters. The van der Waals surface area contributed by atoms with Gasteiger partial charge in [0.1, 0.15) is 5.65 Å². The summed E-state index contributed by atoms with van der Waals surface area (Å²) in [4.78, 5) is 12.7. The Bertz CT molecular complexity index is 2790. The zero-order chi connectivity index (χ0) is 36.3. The van der Waals surface area contributed by atoms with Gasteiger partial charge < -0.3 is 0 Å². The zero-order valence-corrected chi connectivity index (χ0v) is 32.0. The van der Waals surface area contributed by atoms with E-state index in [9.17, 15) is 0 Å². The maximum atomic E-state index is 5.34. The van der Waals surface area contributed by atoms with Gasteiger partial charge in [0.15, 0.2) is 8.07 Å². The summed E-state index contributed by atoms with van der Waals surface area (Å²) < 4.78 is 2.39. The Morgan fingerprint density at radius 1 is 0.556 bits per heavy atom. The molecule has 0 aliphatic carbocycles. The van der Waals surface area contributed by atoms with Crippen molar-refractivity contribution >= 4 is 62.5 Å². The highest BCUT2D eigenvalue weighted by atomic mass is 32.2. The zero-order valence-electron chi connectivity index (χ0n) is 30.1. The normalized spacial score (nSPS) is 13.4. The first-order valence-corrected chi connectivity index (χ1v) is 21.3. The van der Waals surface area contributed by atoms with Gasteiger partial charge in [-0.1, -0.05) is 165 Å². The van der Waals surface area contributed by atoms with Crippen LogP contribution in [0.1, 0.15) is 25.0 Å². The predicted octanol–water partition coefficient (Wildman–Crippen LogP) is 9.41. The van der Waals surface area contributed by atoms with Gasteiger partial charge in [0.05, 0.1) is 11.2 Å². The molecule has 3 nitrogen and oxygen atoms in total. The molecule has 258 valence electrons. The SMILES string of the molecule is CC1(C)c2ccccc2Sc2c1cnc1c2c2ccccc2n1-c1cccc([Si](c2ccccc2)(c2ccccc2)c2cccc(-c3ccccn3)c2)c1. The summed E-state index contributed by atoms with van der Waals surface area (Å²) >= 11 is 1.88. The van der Waals surface area contributed by atoms with Crippen LogP contribution in [0.5, 0.6) is 0 Å². The van der Waals surface area contributed by atoms with Crippen molar-refractivity contribution in [3.63, 3.8) is 0 Å². The maximum Gasteiger partial charge on any atom is 0.179 e. The van der Waals surface area contributed by atoms with Crippen molar-refractivity contribution in [2.45, 2.75) is 29.1 Å². The minimum atomic E-state index is -2.89. The second-order valence-corrected chi connectivity index (χ2v) is 19.5. The Morgan fingerprint density at radius 2 is 1.20 bits per heavy atom. The number of hydrogen-bond acceptors (Lipinski definition) is 3. The molecule has 0 unspecified atom stereocenters. The first kappa shape index (κ1) is 32.6. The number of hydrogen-bond donors (Lipinski definition) is 0. The molecule has 6 aromatic carbocycles. The molecule has 4 heterocycles. The quantitative estimate of drug-likeness (QED) is 0.126. The van der Waals surface area contributed by atoms with Crippen LogP contribution in [-0.2, 0) is 5.41 Å². The van der Waals surface area contributed by atoms with Crippen molar-refractivity contribution in [3.05, 3.63) is 199 Å². The lowest BCUT2D eigenvalue weighted by Crippen LogP contribution is -2.74. The third kappa shape index (κ3) is 4.96. The van der Waals surface area contributed by atoms with Crippen LogP contribution in [0, 0.1) is 0 Å². The van der Waals surface area contributed by atoms with Crippen LogP contribution in [0.15, 0.2) is 198 Å². The van der Waals surface area contributed by atoms with Gasteiger partial charge in [-0.2, -0.15) is 0 Å². The minimum absolute atomic E-state index is 0.165. The molecular formula is C49H37N3SSi. The molecule has 5 heteroatoms. The van der Waals surface area contributed by atoms with Crippen LogP contribution >= 0.6 is 11.8 Å². The monoisotopic (exact) mass is 727 g/mol. The molecule has 54 heavy (non-hydrogen) atoms. The van der Waals surface area contributed by atoms with Gasteiger partial charge in [0.2, 0.25) is 0 Å². The molecule has 0 fully saturated rings. The Labute approximate surface area is 321 Å². The van der Waals surface area contributed by atoms with E-state index >= 15 is 0 Å². The molecule has 9 aromatic rings. The molecule has 0 saturated carbocycles. The number of benzene rings is 6. The van der Waals surface area contributed by atoms with E-state index in [4.69, 9.17) is 9.97 Å². The minimum Gasteiger partial charge on any atom is -0.294 e. The Morgan fingerprint density at radius 3 is 1.96 bits per heavy atom. The fourth-order valence-electron chi connectivity index (χ4n) is 8.73. The first-order chi connectivity index (χ1) is 26.5. The number of aromatic nitrogens is 3. The van der Waals surface area contributed by atoms with Crippen molar-refractivity contribution < 1.29 is 0 Å². The van der Waals surface area contributed by atoms with E-state index in [-0.39, 0.29) is 5.41 Å². The van der Waals surface area contributed by atoms with Gasteiger partial charge in [0, 0.05) is 49.6 Å². The summed E-state index contributed by atoms with van der Waals surface area (Å²) in [6.07, 6.45) is 4.01. The number of rotatable bonds is 6. The third-order valence-electron chi connectivity index (χ3n) is 11.3. The second kappa shape index (κ2) is 12.8. The summed E-state index contributed by atoms with van der Waals surface area (Å²) in [6, 6.07) is 64.5. The molecule has 0 spiro atoms. The van der Waals surface area contributed by atoms with E-state index in [0.29, 0.717) is 0 Å². The Hall–Kier alpha value is -6.01. The van der Waals surface area contributed by atoms with Crippen LogP contribution in [0.3, 0.4) is 0 Å². The van der Waals surface area contributed by atoms with Crippen molar-refractivity contribution in [3.8, 4) is 16.9 Å². The van der Waals surface area contributed by atoms with Gasteiger partial charge in [-0.25, -0.2) is 4.98 Å². The van der Waals surface area contributed by atoms with E-state index in [2.05, 4.69) is 194 Å². The van der Waals surface area contributed by atoms with Crippen molar-refractivity contribution in [1.29, 1.82) is 0 Å². The lowest BCUT2D eigenvalue weighted by atomic mass is 9.78. The molecular weight excluding hydrogens is 691 g/mol. The highest BCUT2D eigenvalue weighted by Crippen LogP contribution is 2.52. The third-order valence-corrected chi connectivity index (χ3v) is 17.2. The standard InChI is InChI=1S/C49H37N3SSi/c1-49(2)41-26-10-12-29-45(41)53-47-42(49)33-51-48-46(47)40-25-9-11-28-44(40)52(48)35-18-16-24-39(32-35)54(36-19-5-3-6-20-36,37-21-7-4-8-22-37)38-23-15-17-34(31-38)43-27-13-14-30-50-43/h3-33H,1-2H3. The lowest BCUT2D eigenvalue weighted by Gasteiger charge is -2.35. The lowest BCUT2D eigenvalue weighted by molar-refractivity contribution is 0.606. The molecule has 0 saturated heterocycles. The van der Waals surface area contributed by atoms with E-state index < -0.39 is 8.07 Å². The van der Waals surface area contributed by atoms with Gasteiger partial charge in [-0.15, -0.1) is 0 Å². The second-order valence-electron chi connectivity index (χ2n) is 14.6. The summed E-state index contributed by atoms with van der Waals surface area (Å²) in [6.45, 7) is 4.67. The molecule has 10 rings (SSSR count). The van der Waals surface area contributed by atoms with Gasteiger partial charge in [0.25, 0.3) is 0 Å². The van der Waals surface area contributed by atoms with E-state index in [0.717, 1.165) is 28.1 Å². The number of nitrogens with zero attached hydrogens (tertiary/aromatic N) is 3. The van der Waals surface area contributed by atoms with Crippen molar-refractivity contribution in [2.75, 3.05) is 0 Å². The van der Waals surface area contributed by atoms with Crippen LogP contribution in [0.4, 0.5) is 0 Å². The number of fused-ring (bicyclic) bond motifs is 6. The summed E-state index contributed by atoms with van der Waals surface area (Å²) in [5, 5.41) is 7.73. The fourth-order valence-corrected chi connectivity index (χ4v) is 15.1. The van der Waals surface area contributed by atoms with E-state index in [1.807, 2.05) is 24.0 Å². The van der Waals surface area contributed by atoms with Gasteiger partial charge >= 0.3 is 0 Å². The molecule has 0 bridgehead atoms. The Balaban J connectivity index is 1.25. The fraction of sp³-hybridized carbons (Fsp3) is 0.0612. The van der Waals surface area contributed by atoms with E-state index in [1.54, 1.807) is 0 Å².